The quantitative estimate of drug-likeness (QED) is 0.738. The normalized spacial score (nSPS) is 18.5. The van der Waals surface area contributed by atoms with Gasteiger partial charge in [-0.15, -0.1) is 0 Å². The number of ether oxygens (including phenoxy) is 1. The second kappa shape index (κ2) is 6.64. The van der Waals surface area contributed by atoms with E-state index in [1.165, 1.54) is 6.33 Å². The summed E-state index contributed by atoms with van der Waals surface area (Å²) >= 11 is 0. The van der Waals surface area contributed by atoms with Crippen LogP contribution >= 0.6 is 0 Å². The third kappa shape index (κ3) is 3.12. The smallest absolute Gasteiger partial charge is 0.244 e. The second-order valence-corrected chi connectivity index (χ2v) is 6.23. The number of aromatic nitrogens is 5. The van der Waals surface area contributed by atoms with Gasteiger partial charge in [-0.2, -0.15) is 5.10 Å². The molecule has 3 aromatic rings. The topological polar surface area (TPSA) is 97.7 Å². The molecule has 0 bridgehead atoms. The zero-order chi connectivity index (χ0) is 17.2. The lowest BCUT2D eigenvalue weighted by Gasteiger charge is -2.15. The van der Waals surface area contributed by atoms with E-state index in [1.54, 1.807) is 10.9 Å². The monoisotopic (exact) mass is 342 g/mol. The van der Waals surface area contributed by atoms with Crippen molar-refractivity contribution >= 4 is 16.9 Å². The molecule has 1 amide bonds. The number of hydrogen-bond donors (Lipinski definition) is 2. The minimum Gasteiger partial charge on any atom is -0.376 e. The number of amides is 1. The predicted octanol–water partition coefficient (Wildman–Crippen LogP) is 1.92. The average molecular weight is 342 g/mol. The Labute approximate surface area is 146 Å². The minimum absolute atomic E-state index is 0. The van der Waals surface area contributed by atoms with Crippen molar-refractivity contribution in [3.8, 4) is 11.3 Å². The van der Waals surface area contributed by atoms with Crippen molar-refractivity contribution in [1.82, 2.24) is 30.0 Å². The van der Waals surface area contributed by atoms with Gasteiger partial charge in [0.05, 0.1) is 18.0 Å². The van der Waals surface area contributed by atoms with Gasteiger partial charge < -0.3 is 15.0 Å². The van der Waals surface area contributed by atoms with Gasteiger partial charge in [-0.05, 0) is 25.8 Å². The summed E-state index contributed by atoms with van der Waals surface area (Å²) in [5, 5.41) is 8.21. The lowest BCUT2D eigenvalue weighted by molar-refractivity contribution is -0.124. The van der Waals surface area contributed by atoms with Gasteiger partial charge in [-0.3, -0.25) is 9.48 Å². The van der Waals surface area contributed by atoms with Crippen LogP contribution in [0.5, 0.6) is 0 Å². The fourth-order valence-corrected chi connectivity index (χ4v) is 3.06. The number of aromatic amines is 1. The highest BCUT2D eigenvalue weighted by atomic mass is 16.5. The molecule has 4 heterocycles. The maximum absolute atomic E-state index is 12.4. The Hall–Kier alpha value is -2.74. The highest BCUT2D eigenvalue weighted by Crippen LogP contribution is 2.24. The van der Waals surface area contributed by atoms with E-state index < -0.39 is 6.04 Å². The van der Waals surface area contributed by atoms with Crippen LogP contribution in [0.4, 0.5) is 0 Å². The van der Waals surface area contributed by atoms with E-state index in [-0.39, 0.29) is 13.4 Å². The third-order valence-corrected chi connectivity index (χ3v) is 4.53. The summed E-state index contributed by atoms with van der Waals surface area (Å²) < 4.78 is 7.18. The number of hydrogen-bond acceptors (Lipinski definition) is 5. The first-order chi connectivity index (χ1) is 12.2. The first-order valence-corrected chi connectivity index (χ1v) is 8.44. The highest BCUT2D eigenvalue weighted by molar-refractivity contribution is 5.90. The van der Waals surface area contributed by atoms with Gasteiger partial charge in [0.15, 0.2) is 0 Å². The summed E-state index contributed by atoms with van der Waals surface area (Å²) in [6.07, 6.45) is 9.10. The summed E-state index contributed by atoms with van der Waals surface area (Å²) in [5.74, 6) is -0.0698. The maximum Gasteiger partial charge on any atom is 0.244 e. The molecule has 3 aromatic heterocycles. The molecule has 1 aliphatic heterocycles. The summed E-state index contributed by atoms with van der Waals surface area (Å²) in [7, 11) is 0. The molecule has 1 fully saturated rings. The molecule has 4 rings (SSSR count). The summed E-state index contributed by atoms with van der Waals surface area (Å²) in [5.41, 5.74) is 2.43. The maximum atomic E-state index is 12.4. The van der Waals surface area contributed by atoms with Crippen molar-refractivity contribution in [3.05, 3.63) is 31.0 Å². The van der Waals surface area contributed by atoms with Gasteiger partial charge in [-0.1, -0.05) is 0 Å². The molecule has 0 saturated carbocycles. The highest BCUT2D eigenvalue weighted by Gasteiger charge is 2.20. The van der Waals surface area contributed by atoms with E-state index in [9.17, 15) is 4.79 Å². The number of nitrogens with zero attached hydrogens (tertiary/aromatic N) is 4. The van der Waals surface area contributed by atoms with Gasteiger partial charge in [0.2, 0.25) is 5.91 Å². The number of rotatable bonds is 5. The van der Waals surface area contributed by atoms with Crippen LogP contribution in [0.15, 0.2) is 31.0 Å². The van der Waals surface area contributed by atoms with Crippen LogP contribution in [0.1, 0.15) is 27.2 Å². The van der Waals surface area contributed by atoms with Gasteiger partial charge in [-0.25, -0.2) is 9.97 Å². The van der Waals surface area contributed by atoms with Crippen molar-refractivity contribution in [2.75, 3.05) is 13.2 Å². The molecule has 2 unspecified atom stereocenters. The molecule has 0 aliphatic carbocycles. The fraction of sp³-hybridized carbons (Fsp3) is 0.412. The van der Waals surface area contributed by atoms with Crippen LogP contribution < -0.4 is 5.32 Å². The van der Waals surface area contributed by atoms with Crippen molar-refractivity contribution in [2.24, 2.45) is 0 Å². The molecular weight excluding hydrogens is 320 g/mol. The molecule has 2 N–H and O–H groups in total. The molecule has 1 saturated heterocycles. The Bertz CT molecular complexity index is 886. The Balaban J connectivity index is 0.00000196. The zero-order valence-corrected chi connectivity index (χ0v) is 14.0. The predicted molar refractivity (Wildman–Crippen MR) is 93.9 cm³/mol. The van der Waals surface area contributed by atoms with E-state index in [0.717, 1.165) is 41.7 Å². The van der Waals surface area contributed by atoms with Crippen LogP contribution in [0.25, 0.3) is 22.3 Å². The largest absolute Gasteiger partial charge is 0.376 e. The molecular formula is C17H22N6O2. The molecule has 8 nitrogen and oxygen atoms in total. The van der Waals surface area contributed by atoms with E-state index >= 15 is 0 Å². The van der Waals surface area contributed by atoms with Gasteiger partial charge in [0.1, 0.15) is 18.0 Å². The van der Waals surface area contributed by atoms with Crippen molar-refractivity contribution in [3.63, 3.8) is 0 Å². The van der Waals surface area contributed by atoms with Gasteiger partial charge >= 0.3 is 0 Å². The third-order valence-electron chi connectivity index (χ3n) is 4.53. The van der Waals surface area contributed by atoms with E-state index in [2.05, 4.69) is 25.4 Å². The second-order valence-electron chi connectivity index (χ2n) is 6.23. The number of H-pyrrole nitrogens is 1. The van der Waals surface area contributed by atoms with Crippen LogP contribution in [0.2, 0.25) is 0 Å². The molecule has 132 valence electrons. The number of carbonyl (C=O) groups excluding carboxylic acids is 1. The first kappa shape index (κ1) is 15.8. The van der Waals surface area contributed by atoms with Crippen LogP contribution in [0.3, 0.4) is 0 Å². The Morgan fingerprint density at radius 3 is 3.32 bits per heavy atom. The molecule has 2 atom stereocenters. The Kier molecular flexibility index (Phi) is 4.19. The minimum atomic E-state index is -0.404. The molecule has 0 aromatic carbocycles. The lowest BCUT2D eigenvalue weighted by atomic mass is 10.2. The van der Waals surface area contributed by atoms with Gasteiger partial charge in [0.25, 0.3) is 0 Å². The number of carbonyl (C=O) groups is 1. The molecule has 0 radical (unpaired) electrons. The van der Waals surface area contributed by atoms with Crippen molar-refractivity contribution < 1.29 is 11.0 Å². The molecule has 0 spiro atoms. The summed E-state index contributed by atoms with van der Waals surface area (Å²) in [6, 6.07) is 1.53. The first-order valence-electron chi connectivity index (χ1n) is 8.44. The standard InChI is InChI=1S/C17H20N6O2.H2/c1-11(17(24)19-8-13-3-2-6-25-13)23-9-12(7-22-23)15-14-4-5-18-16(14)21-10-20-15;/h4-5,7,9-11,13H,2-3,6,8H2,1H3,(H,19,24)(H,18,20,21);1H. The number of nitrogens with one attached hydrogen (secondary N) is 2. The van der Waals surface area contributed by atoms with E-state index in [0.29, 0.717) is 6.54 Å². The average Bonchev–Trinajstić information content (AvgIpc) is 3.39. The molecule has 1 aliphatic rings. The van der Waals surface area contributed by atoms with Crippen LogP contribution in [0, 0.1) is 0 Å². The van der Waals surface area contributed by atoms with Crippen LogP contribution in [-0.2, 0) is 9.53 Å². The van der Waals surface area contributed by atoms with Gasteiger partial charge in [0, 0.05) is 37.9 Å². The Morgan fingerprint density at radius 2 is 2.48 bits per heavy atom. The SMILES string of the molecule is CC(C(=O)NCC1CCCO1)n1cc(-c2ncnc3[nH]ccc23)cn1.[HH]. The van der Waals surface area contributed by atoms with E-state index in [1.807, 2.05) is 25.4 Å². The lowest BCUT2D eigenvalue weighted by Crippen LogP contribution is -2.36. The number of fused-ring (bicyclic) bond motifs is 1. The fourth-order valence-electron chi connectivity index (χ4n) is 3.06. The molecule has 8 heteroatoms. The van der Waals surface area contributed by atoms with Crippen molar-refractivity contribution in [1.29, 1.82) is 0 Å². The van der Waals surface area contributed by atoms with E-state index in [4.69, 9.17) is 4.74 Å². The summed E-state index contributed by atoms with van der Waals surface area (Å²) in [6.45, 7) is 3.16. The van der Waals surface area contributed by atoms with Crippen LogP contribution in [-0.4, -0.2) is 49.9 Å². The Morgan fingerprint density at radius 1 is 1.56 bits per heavy atom. The summed E-state index contributed by atoms with van der Waals surface area (Å²) in [4.78, 5) is 24.0. The molecule has 25 heavy (non-hydrogen) atoms. The van der Waals surface area contributed by atoms with Crippen molar-refractivity contribution in [2.45, 2.75) is 31.9 Å². The zero-order valence-electron chi connectivity index (χ0n) is 14.0.